The van der Waals surface area contributed by atoms with E-state index in [0.717, 1.165) is 102 Å². The first-order chi connectivity index (χ1) is 39.8. The molecular weight excluding hydrogens is 1230 g/mol. The molecule has 0 unspecified atom stereocenters. The summed E-state index contributed by atoms with van der Waals surface area (Å²) in [6.07, 6.45) is 1.87. The van der Waals surface area contributed by atoms with Gasteiger partial charge < -0.3 is 24.0 Å². The van der Waals surface area contributed by atoms with E-state index < -0.39 is 22.9 Å². The van der Waals surface area contributed by atoms with Gasteiger partial charge in [0.05, 0.1) is 5.56 Å². The fraction of sp³-hybridized carbons (Fsp3) is 0.189. The van der Waals surface area contributed by atoms with Gasteiger partial charge in [-0.1, -0.05) is 171 Å². The number of ether oxygens (including phenoxy) is 1. The van der Waals surface area contributed by atoms with Gasteiger partial charge in [0.15, 0.2) is 0 Å². The van der Waals surface area contributed by atoms with Crippen LogP contribution in [0.25, 0.3) is 49.9 Å². The first kappa shape index (κ1) is 57.4. The number of fused-ring (bicyclic) bond motifs is 4. The quantitative estimate of drug-likeness (QED) is 0.114. The maximum absolute atomic E-state index is 16.8. The van der Waals surface area contributed by atoms with Crippen molar-refractivity contribution in [3.8, 4) is 39.6 Å². The van der Waals surface area contributed by atoms with Crippen LogP contribution < -0.4 is 19.4 Å². The van der Waals surface area contributed by atoms with Crippen molar-refractivity contribution < 1.29 is 39.0 Å². The van der Waals surface area contributed by atoms with Crippen LogP contribution in [0.1, 0.15) is 103 Å². The van der Waals surface area contributed by atoms with E-state index in [-0.39, 0.29) is 49.4 Å². The van der Waals surface area contributed by atoms with Crippen LogP contribution in [0.4, 0.5) is 53.0 Å². The molecule has 12 rings (SSSR count). The molecule has 0 saturated heterocycles. The Morgan fingerprint density at radius 2 is 1.12 bits per heavy atom. The average molecular weight is 1290 g/mol. The average Bonchev–Trinajstić information content (AvgIpc) is 3.32. The summed E-state index contributed by atoms with van der Waals surface area (Å²) in [6.45, 7) is 23.5. The second kappa shape index (κ2) is 22.6. The Hall–Kier alpha value is -8.39. The zero-order chi connectivity index (χ0) is 58.1. The van der Waals surface area contributed by atoms with Gasteiger partial charge in [0, 0.05) is 96.0 Å². The summed E-state index contributed by atoms with van der Waals surface area (Å²) in [4.78, 5) is 11.2. The molecule has 0 N–H and O–H groups in total. The summed E-state index contributed by atoms with van der Waals surface area (Å²) >= 11 is 0. The maximum Gasteiger partial charge on any atom is 0.136 e. The van der Waals surface area contributed by atoms with Crippen molar-refractivity contribution in [3.05, 3.63) is 253 Å². The van der Waals surface area contributed by atoms with Crippen LogP contribution >= 0.6 is 0 Å². The Bertz CT molecular complexity index is 4170. The van der Waals surface area contributed by atoms with E-state index in [2.05, 4.69) is 176 Å². The van der Waals surface area contributed by atoms with Gasteiger partial charge in [0.25, 0.3) is 0 Å². The zero-order valence-electron chi connectivity index (χ0n) is 48.8. The Morgan fingerprint density at radius 1 is 0.536 bits per heavy atom. The number of nitrogens with zero attached hydrogens (tertiary/aromatic N) is 5. The molecule has 1 aliphatic rings. The van der Waals surface area contributed by atoms with Crippen LogP contribution in [0.5, 0.6) is 11.5 Å². The van der Waals surface area contributed by atoms with Gasteiger partial charge in [-0.05, 0) is 123 Å². The van der Waals surface area contributed by atoms with E-state index in [1.165, 1.54) is 0 Å². The molecule has 0 atom stereocenters. The molecule has 0 fully saturated rings. The fourth-order valence-electron chi connectivity index (χ4n) is 11.2. The van der Waals surface area contributed by atoms with Crippen LogP contribution in [0.15, 0.2) is 194 Å². The van der Waals surface area contributed by atoms with Crippen molar-refractivity contribution in [1.82, 2.24) is 9.55 Å². The van der Waals surface area contributed by atoms with Gasteiger partial charge in [-0.3, -0.25) is 0 Å². The second-order valence-corrected chi connectivity index (χ2v) is 24.2. The molecule has 0 radical (unpaired) electrons. The third-order valence-corrected chi connectivity index (χ3v) is 15.7. The van der Waals surface area contributed by atoms with Gasteiger partial charge in [0.2, 0.25) is 0 Å². The van der Waals surface area contributed by atoms with Crippen molar-refractivity contribution in [1.29, 1.82) is 0 Å². The zero-order valence-corrected chi connectivity index (χ0v) is 51.1. The number of hydrogen-bond donors (Lipinski definition) is 0. The molecule has 3 heterocycles. The van der Waals surface area contributed by atoms with Crippen molar-refractivity contribution in [2.45, 2.75) is 91.9 Å². The number of hydrogen-bond acceptors (Lipinski definition) is 5. The molecule has 0 bridgehead atoms. The summed E-state index contributed by atoms with van der Waals surface area (Å²) < 4.78 is 57.8. The van der Waals surface area contributed by atoms with Crippen molar-refractivity contribution >= 4 is 61.6 Å². The number of halogens is 3. The number of para-hydroxylation sites is 5. The molecule has 426 valence electrons. The summed E-state index contributed by atoms with van der Waals surface area (Å²) in [7, 11) is 0. The van der Waals surface area contributed by atoms with Gasteiger partial charge in [-0.2, -0.15) is 6.07 Å². The Balaban J connectivity index is 0.00000736. The smallest absolute Gasteiger partial charge is 0.136 e. The van der Waals surface area contributed by atoms with Gasteiger partial charge in [-0.25, -0.2) is 18.2 Å². The SMILES string of the molecule is CC(C)c1cc(-c2cc(C(C)(C)C)cc(-c3c(F)cc(F)cc3F)c2N2[CH-]N(c3[c-]c(Oc4[c-]c5c(cc4)c4ccccc4n5-c4cc(C(C)(C)C)ccn4)cc(N(c4ccccc4)c4ccccc4)c3)c3ccccc32)cc(C(C)C)c1.[Pt]. The molecule has 0 amide bonds. The first-order valence-corrected chi connectivity index (χ1v) is 28.4. The fourth-order valence-corrected chi connectivity index (χ4v) is 11.2. The predicted octanol–water partition coefficient (Wildman–Crippen LogP) is 21.0. The molecule has 9 aromatic carbocycles. The molecular formula is C74H65F3N5OPt-3. The minimum Gasteiger partial charge on any atom is -0.509 e. The Kier molecular flexibility index (Phi) is 15.5. The van der Waals surface area contributed by atoms with Crippen molar-refractivity contribution in [2.24, 2.45) is 0 Å². The van der Waals surface area contributed by atoms with Crippen molar-refractivity contribution in [3.63, 3.8) is 0 Å². The van der Waals surface area contributed by atoms with Gasteiger partial charge >= 0.3 is 0 Å². The molecule has 84 heavy (non-hydrogen) atoms. The van der Waals surface area contributed by atoms with Crippen LogP contribution in [0.2, 0.25) is 0 Å². The van der Waals surface area contributed by atoms with E-state index in [1.54, 1.807) is 0 Å². The van der Waals surface area contributed by atoms with E-state index in [1.807, 2.05) is 114 Å². The van der Waals surface area contributed by atoms with Gasteiger partial charge in [-0.15, -0.1) is 42.4 Å². The minimum absolute atomic E-state index is 0. The first-order valence-electron chi connectivity index (χ1n) is 28.4. The van der Waals surface area contributed by atoms with E-state index in [0.29, 0.717) is 22.9 Å². The largest absolute Gasteiger partial charge is 0.509 e. The van der Waals surface area contributed by atoms with E-state index in [4.69, 9.17) is 9.72 Å². The maximum atomic E-state index is 16.8. The van der Waals surface area contributed by atoms with Crippen LogP contribution in [0, 0.1) is 36.3 Å². The molecule has 1 aliphatic heterocycles. The molecule has 0 aliphatic carbocycles. The van der Waals surface area contributed by atoms with Crippen LogP contribution in [-0.2, 0) is 31.9 Å². The Labute approximate surface area is 506 Å². The van der Waals surface area contributed by atoms with Gasteiger partial charge in [0.1, 0.15) is 23.3 Å². The number of pyridine rings is 1. The molecule has 0 spiro atoms. The van der Waals surface area contributed by atoms with E-state index in [9.17, 15) is 0 Å². The molecule has 6 nitrogen and oxygen atoms in total. The number of aromatic nitrogens is 2. The molecule has 11 aromatic rings. The van der Waals surface area contributed by atoms with Crippen LogP contribution in [0.3, 0.4) is 0 Å². The third-order valence-electron chi connectivity index (χ3n) is 15.7. The molecule has 2 aromatic heterocycles. The summed E-state index contributed by atoms with van der Waals surface area (Å²) in [5, 5.41) is 2.07. The molecule has 0 saturated carbocycles. The normalized spacial score (nSPS) is 12.6. The van der Waals surface area contributed by atoms with E-state index >= 15 is 13.2 Å². The van der Waals surface area contributed by atoms with Crippen LogP contribution in [-0.4, -0.2) is 9.55 Å². The predicted molar refractivity (Wildman–Crippen MR) is 335 cm³/mol. The molecule has 10 heteroatoms. The summed E-state index contributed by atoms with van der Waals surface area (Å²) in [5.74, 6) is -0.989. The summed E-state index contributed by atoms with van der Waals surface area (Å²) in [6, 6.07) is 68.5. The van der Waals surface area contributed by atoms with Crippen molar-refractivity contribution in [2.75, 3.05) is 14.7 Å². The topological polar surface area (TPSA) is 36.8 Å². The third kappa shape index (κ3) is 10.9. The monoisotopic (exact) mass is 1290 g/mol. The second-order valence-electron chi connectivity index (χ2n) is 24.2. The number of anilines is 7. The standard InChI is InChI=1S/C74H65F3N5O.Pt/c1-46(2)48-33-49(47(3)4)35-50(34-48)62-36-52(74(8,9)10)37-63(71-64(76)39-53(75)40-65(71)77)72(62)80-45-79(67-27-19-20-28-68(67)80)56-41-57(81(54-21-13-11-14-22-54)55-23-15-12-16-24-55)43-59(42-56)83-58-29-30-61-60-25-17-18-26-66(60)82(69(61)44-58)70-38-51(31-32-78-70)73(5,6)7;/h11-41,43,45-47H,1-10H3;/q-3;. The Morgan fingerprint density at radius 3 is 1.74 bits per heavy atom. The minimum atomic E-state index is -1.00. The number of benzene rings is 9. The number of rotatable bonds is 12. The summed E-state index contributed by atoms with van der Waals surface area (Å²) in [5.41, 5.74) is 12.4.